The Kier molecular flexibility index (Phi) is 5.23. The Morgan fingerprint density at radius 3 is 2.33 bits per heavy atom. The van der Waals surface area contributed by atoms with Crippen LogP contribution in [0.25, 0.3) is 0 Å². The van der Waals surface area contributed by atoms with E-state index < -0.39 is 0 Å². The molecule has 0 fully saturated rings. The third-order valence-corrected chi connectivity index (χ3v) is 3.52. The van der Waals surface area contributed by atoms with Crippen molar-refractivity contribution < 1.29 is 9.48 Å². The zero-order valence-corrected chi connectivity index (χ0v) is 12.9. The Balaban J connectivity index is 2.04. The Morgan fingerprint density at radius 2 is 1.76 bits per heavy atom. The van der Waals surface area contributed by atoms with Gasteiger partial charge in [0.05, 0.1) is 7.11 Å². The maximum absolute atomic E-state index is 12.1. The fourth-order valence-electron chi connectivity index (χ4n) is 2.02. The molecule has 1 atom stereocenters. The molecular formula is C17H18ClNO2. The van der Waals surface area contributed by atoms with Crippen LogP contribution in [0.2, 0.25) is 5.02 Å². The molecule has 0 amide bonds. The first-order valence-electron chi connectivity index (χ1n) is 6.77. The summed E-state index contributed by atoms with van der Waals surface area (Å²) >= 11 is 5.85. The molecule has 4 heteroatoms. The lowest BCUT2D eigenvalue weighted by Gasteiger charge is -2.13. The van der Waals surface area contributed by atoms with Crippen LogP contribution in [0.4, 0.5) is 0 Å². The van der Waals surface area contributed by atoms with E-state index in [1.54, 1.807) is 13.3 Å². The second kappa shape index (κ2) is 7.14. The molecule has 0 spiro atoms. The molecule has 1 unspecified atom stereocenters. The largest absolute Gasteiger partial charge is 0.624 e. The predicted octanol–water partition coefficient (Wildman–Crippen LogP) is 3.91. The molecule has 110 valence electrons. The summed E-state index contributed by atoms with van der Waals surface area (Å²) in [5.41, 5.74) is 1.95. The number of halogens is 1. The first kappa shape index (κ1) is 15.4. The Bertz CT molecular complexity index is 606. The van der Waals surface area contributed by atoms with Crippen LogP contribution in [0.5, 0.6) is 5.75 Å². The topological polar surface area (TPSA) is 35.3 Å². The molecule has 3 nitrogen and oxygen atoms in total. The van der Waals surface area contributed by atoms with Crippen molar-refractivity contribution in [3.05, 3.63) is 69.9 Å². The highest BCUT2D eigenvalue weighted by Gasteiger charge is 2.10. The summed E-state index contributed by atoms with van der Waals surface area (Å²) < 4.78 is 6.08. The minimum absolute atomic E-state index is 0.145. The predicted molar refractivity (Wildman–Crippen MR) is 86.4 cm³/mol. The zero-order valence-electron chi connectivity index (χ0n) is 12.1. The van der Waals surface area contributed by atoms with Crippen molar-refractivity contribution in [2.75, 3.05) is 7.11 Å². The van der Waals surface area contributed by atoms with E-state index in [2.05, 4.69) is 0 Å². The minimum atomic E-state index is -0.145. The molecule has 21 heavy (non-hydrogen) atoms. The smallest absolute Gasteiger partial charge is 0.182 e. The van der Waals surface area contributed by atoms with Crippen LogP contribution in [-0.4, -0.2) is 24.1 Å². The number of nitrogens with zero attached hydrogens (tertiary/aromatic N) is 1. The van der Waals surface area contributed by atoms with Crippen molar-refractivity contribution in [3.8, 4) is 5.75 Å². The minimum Gasteiger partial charge on any atom is -0.624 e. The molecule has 0 aliphatic heterocycles. The Hall–Kier alpha value is -2.00. The van der Waals surface area contributed by atoms with Gasteiger partial charge >= 0.3 is 0 Å². The quantitative estimate of drug-likeness (QED) is 0.363. The number of benzene rings is 2. The Morgan fingerprint density at radius 1 is 1.14 bits per heavy atom. The molecule has 2 aromatic carbocycles. The molecule has 0 radical (unpaired) electrons. The number of ether oxygens (including phenoxy) is 1. The van der Waals surface area contributed by atoms with Gasteiger partial charge in [-0.15, -0.1) is 0 Å². The van der Waals surface area contributed by atoms with Gasteiger partial charge < -0.3 is 9.94 Å². The van der Waals surface area contributed by atoms with Gasteiger partial charge in [0.25, 0.3) is 0 Å². The van der Waals surface area contributed by atoms with E-state index in [0.717, 1.165) is 21.6 Å². The molecule has 2 aromatic rings. The Labute approximate surface area is 130 Å². The summed E-state index contributed by atoms with van der Waals surface area (Å²) in [6.07, 6.45) is 2.27. The number of hydrogen-bond acceptors (Lipinski definition) is 2. The highest BCUT2D eigenvalue weighted by Crippen LogP contribution is 2.13. The van der Waals surface area contributed by atoms with Gasteiger partial charge in [0.2, 0.25) is 0 Å². The lowest BCUT2D eigenvalue weighted by molar-refractivity contribution is -0.491. The summed E-state index contributed by atoms with van der Waals surface area (Å²) in [4.78, 5) is 0. The second-order valence-electron chi connectivity index (χ2n) is 4.94. The van der Waals surface area contributed by atoms with E-state index >= 15 is 0 Å². The summed E-state index contributed by atoms with van der Waals surface area (Å²) in [6, 6.07) is 14.8. The monoisotopic (exact) mass is 303 g/mol. The summed E-state index contributed by atoms with van der Waals surface area (Å²) in [6.45, 7) is 1.90. The standard InChI is InChI=1S/C17H18ClNO2/c1-13(11-14-3-7-16(18)8-4-14)19(20)12-15-5-9-17(21-2)10-6-15/h3-10,12-13H,11H2,1-2H3/b19-12-. The van der Waals surface area contributed by atoms with Crippen LogP contribution in [0.1, 0.15) is 18.1 Å². The maximum Gasteiger partial charge on any atom is 0.182 e. The van der Waals surface area contributed by atoms with Crippen LogP contribution in [0, 0.1) is 5.21 Å². The highest BCUT2D eigenvalue weighted by molar-refractivity contribution is 6.30. The van der Waals surface area contributed by atoms with Crippen LogP contribution in [0.3, 0.4) is 0 Å². The summed E-state index contributed by atoms with van der Waals surface area (Å²) in [5.74, 6) is 0.777. The fourth-order valence-corrected chi connectivity index (χ4v) is 2.14. The number of hydroxylamine groups is 1. The van der Waals surface area contributed by atoms with Gasteiger partial charge in [-0.1, -0.05) is 23.7 Å². The van der Waals surface area contributed by atoms with Gasteiger partial charge in [0, 0.05) is 17.0 Å². The number of rotatable bonds is 5. The van der Waals surface area contributed by atoms with Crippen molar-refractivity contribution in [3.63, 3.8) is 0 Å². The molecule has 0 aliphatic rings. The van der Waals surface area contributed by atoms with E-state index in [-0.39, 0.29) is 6.04 Å². The van der Waals surface area contributed by atoms with E-state index in [4.69, 9.17) is 16.3 Å². The third-order valence-electron chi connectivity index (χ3n) is 3.27. The van der Waals surface area contributed by atoms with Gasteiger partial charge in [-0.2, -0.15) is 0 Å². The second-order valence-corrected chi connectivity index (χ2v) is 5.38. The van der Waals surface area contributed by atoms with Crippen LogP contribution in [-0.2, 0) is 6.42 Å². The van der Waals surface area contributed by atoms with Gasteiger partial charge in [0.15, 0.2) is 12.3 Å². The van der Waals surface area contributed by atoms with Crippen molar-refractivity contribution in [1.29, 1.82) is 0 Å². The van der Waals surface area contributed by atoms with Crippen molar-refractivity contribution in [1.82, 2.24) is 0 Å². The summed E-state index contributed by atoms with van der Waals surface area (Å²) in [5, 5.41) is 12.8. The number of methoxy groups -OCH3 is 1. The van der Waals surface area contributed by atoms with Gasteiger partial charge in [-0.05, 0) is 48.9 Å². The lowest BCUT2D eigenvalue weighted by atomic mass is 10.1. The highest BCUT2D eigenvalue weighted by atomic mass is 35.5. The van der Waals surface area contributed by atoms with Crippen LogP contribution in [0.15, 0.2) is 48.5 Å². The first-order valence-corrected chi connectivity index (χ1v) is 7.15. The summed E-state index contributed by atoms with van der Waals surface area (Å²) in [7, 11) is 1.62. The van der Waals surface area contributed by atoms with Gasteiger partial charge in [0.1, 0.15) is 5.75 Å². The molecule has 0 heterocycles. The number of hydrogen-bond donors (Lipinski definition) is 0. The SMILES string of the molecule is COc1ccc(/C=[N+](\[O-])C(C)Cc2ccc(Cl)cc2)cc1. The van der Waals surface area contributed by atoms with E-state index in [0.29, 0.717) is 11.4 Å². The first-order chi connectivity index (χ1) is 10.1. The van der Waals surface area contributed by atoms with Crippen LogP contribution >= 0.6 is 11.6 Å². The molecule has 2 rings (SSSR count). The molecule has 0 saturated heterocycles. The lowest BCUT2D eigenvalue weighted by Crippen LogP contribution is -2.21. The molecule has 0 saturated carbocycles. The van der Waals surface area contributed by atoms with Gasteiger partial charge in [-0.3, -0.25) is 0 Å². The van der Waals surface area contributed by atoms with E-state index in [9.17, 15) is 5.21 Å². The molecule has 0 bridgehead atoms. The van der Waals surface area contributed by atoms with Crippen molar-refractivity contribution >= 4 is 17.8 Å². The molecule has 0 N–H and O–H groups in total. The van der Waals surface area contributed by atoms with Crippen LogP contribution < -0.4 is 4.74 Å². The zero-order chi connectivity index (χ0) is 15.2. The normalized spacial score (nSPS) is 13.0. The van der Waals surface area contributed by atoms with Crippen molar-refractivity contribution in [2.24, 2.45) is 0 Å². The average Bonchev–Trinajstić information content (AvgIpc) is 2.50. The van der Waals surface area contributed by atoms with E-state index in [1.165, 1.54) is 0 Å². The van der Waals surface area contributed by atoms with E-state index in [1.807, 2.05) is 55.5 Å². The fraction of sp³-hybridized carbons (Fsp3) is 0.235. The molecular weight excluding hydrogens is 286 g/mol. The van der Waals surface area contributed by atoms with Crippen molar-refractivity contribution in [2.45, 2.75) is 19.4 Å². The molecule has 0 aromatic heterocycles. The average molecular weight is 304 g/mol. The molecule has 0 aliphatic carbocycles. The van der Waals surface area contributed by atoms with Gasteiger partial charge in [-0.25, -0.2) is 4.74 Å². The third kappa shape index (κ3) is 4.50. The maximum atomic E-state index is 12.1.